The molecule has 0 aliphatic heterocycles. The average Bonchev–Trinajstić information content (AvgIpc) is 2.90. The summed E-state index contributed by atoms with van der Waals surface area (Å²) in [6, 6.07) is 11.9. The summed E-state index contributed by atoms with van der Waals surface area (Å²) in [6.07, 6.45) is 0. The number of hydrogen-bond acceptors (Lipinski definition) is 3. The minimum atomic E-state index is 0.241. The maximum Gasteiger partial charge on any atom is 0.119 e. The van der Waals surface area contributed by atoms with Crippen LogP contribution in [0.2, 0.25) is 5.02 Å². The molecule has 0 aliphatic carbocycles. The Morgan fingerprint density at radius 2 is 2.06 bits per heavy atom. The van der Waals surface area contributed by atoms with Crippen molar-refractivity contribution in [3.63, 3.8) is 0 Å². The van der Waals surface area contributed by atoms with Gasteiger partial charge in [0.05, 0.1) is 6.04 Å². The van der Waals surface area contributed by atoms with Crippen LogP contribution in [0.3, 0.4) is 0 Å². The van der Waals surface area contributed by atoms with Crippen molar-refractivity contribution in [2.24, 2.45) is 0 Å². The lowest BCUT2D eigenvalue weighted by molar-refractivity contribution is 0.270. The predicted molar refractivity (Wildman–Crippen MR) is 77.7 cm³/mol. The first-order valence-electron chi connectivity index (χ1n) is 5.94. The number of ether oxygens (including phenoxy) is 1. The SMILES string of the molecule is CCNC(COc1ccc(Cl)cc1)c1cccs1. The van der Waals surface area contributed by atoms with Crippen molar-refractivity contribution in [1.29, 1.82) is 0 Å². The van der Waals surface area contributed by atoms with Gasteiger partial charge in [-0.2, -0.15) is 0 Å². The van der Waals surface area contributed by atoms with E-state index in [1.54, 1.807) is 11.3 Å². The van der Waals surface area contributed by atoms with E-state index in [0.717, 1.165) is 17.3 Å². The molecule has 0 aliphatic rings. The first-order chi connectivity index (χ1) is 8.79. The molecule has 18 heavy (non-hydrogen) atoms. The molecule has 0 saturated heterocycles. The van der Waals surface area contributed by atoms with E-state index < -0.39 is 0 Å². The molecule has 1 heterocycles. The third kappa shape index (κ3) is 3.73. The standard InChI is InChI=1S/C14H16ClNOS/c1-2-16-13(14-4-3-9-18-14)10-17-12-7-5-11(15)6-8-12/h3-9,13,16H,2,10H2,1H3. The van der Waals surface area contributed by atoms with Crippen molar-refractivity contribution < 1.29 is 4.74 Å². The zero-order chi connectivity index (χ0) is 12.8. The highest BCUT2D eigenvalue weighted by atomic mass is 35.5. The summed E-state index contributed by atoms with van der Waals surface area (Å²) in [5.41, 5.74) is 0. The Morgan fingerprint density at radius 3 is 2.67 bits per heavy atom. The highest BCUT2D eigenvalue weighted by molar-refractivity contribution is 7.10. The van der Waals surface area contributed by atoms with Crippen LogP contribution in [-0.2, 0) is 0 Å². The van der Waals surface area contributed by atoms with Gasteiger partial charge in [-0.3, -0.25) is 0 Å². The molecular weight excluding hydrogens is 266 g/mol. The van der Waals surface area contributed by atoms with Crippen LogP contribution in [-0.4, -0.2) is 13.2 Å². The number of rotatable bonds is 6. The second-order valence-corrected chi connectivity index (χ2v) is 5.31. The van der Waals surface area contributed by atoms with Crippen LogP contribution >= 0.6 is 22.9 Å². The number of hydrogen-bond donors (Lipinski definition) is 1. The lowest BCUT2D eigenvalue weighted by Crippen LogP contribution is -2.25. The van der Waals surface area contributed by atoms with Gasteiger partial charge in [0, 0.05) is 9.90 Å². The predicted octanol–water partition coefficient (Wildman–Crippen LogP) is 4.13. The van der Waals surface area contributed by atoms with E-state index in [1.807, 2.05) is 24.3 Å². The van der Waals surface area contributed by atoms with Crippen molar-refractivity contribution in [3.8, 4) is 5.75 Å². The average molecular weight is 282 g/mol. The van der Waals surface area contributed by atoms with Gasteiger partial charge in [0.15, 0.2) is 0 Å². The highest BCUT2D eigenvalue weighted by Crippen LogP contribution is 2.21. The molecule has 0 spiro atoms. The maximum absolute atomic E-state index is 5.84. The minimum absolute atomic E-state index is 0.241. The molecule has 1 unspecified atom stereocenters. The summed E-state index contributed by atoms with van der Waals surface area (Å²) in [6.45, 7) is 3.64. The molecule has 2 aromatic rings. The van der Waals surface area contributed by atoms with E-state index in [9.17, 15) is 0 Å². The summed E-state index contributed by atoms with van der Waals surface area (Å²) in [5, 5.41) is 6.24. The van der Waals surface area contributed by atoms with Gasteiger partial charge in [-0.25, -0.2) is 0 Å². The van der Waals surface area contributed by atoms with Gasteiger partial charge in [-0.15, -0.1) is 11.3 Å². The number of likely N-dealkylation sites (N-methyl/N-ethyl adjacent to an activating group) is 1. The molecular formula is C14H16ClNOS. The van der Waals surface area contributed by atoms with Crippen molar-refractivity contribution in [3.05, 3.63) is 51.7 Å². The second-order valence-electron chi connectivity index (χ2n) is 3.89. The fraction of sp³-hybridized carbons (Fsp3) is 0.286. The van der Waals surface area contributed by atoms with E-state index in [4.69, 9.17) is 16.3 Å². The molecule has 1 atom stereocenters. The van der Waals surface area contributed by atoms with Crippen LogP contribution < -0.4 is 10.1 Å². The van der Waals surface area contributed by atoms with Crippen LogP contribution in [0.15, 0.2) is 41.8 Å². The fourth-order valence-electron chi connectivity index (χ4n) is 1.69. The van der Waals surface area contributed by atoms with Gasteiger partial charge in [0.1, 0.15) is 12.4 Å². The monoisotopic (exact) mass is 281 g/mol. The maximum atomic E-state index is 5.84. The normalized spacial score (nSPS) is 12.3. The molecule has 96 valence electrons. The third-order valence-electron chi connectivity index (χ3n) is 2.57. The topological polar surface area (TPSA) is 21.3 Å². The highest BCUT2D eigenvalue weighted by Gasteiger charge is 2.11. The molecule has 1 aromatic carbocycles. The quantitative estimate of drug-likeness (QED) is 0.859. The van der Waals surface area contributed by atoms with Crippen LogP contribution in [0.1, 0.15) is 17.8 Å². The largest absolute Gasteiger partial charge is 0.492 e. The fourth-order valence-corrected chi connectivity index (χ4v) is 2.60. The van der Waals surface area contributed by atoms with Gasteiger partial charge >= 0.3 is 0 Å². The zero-order valence-corrected chi connectivity index (χ0v) is 11.8. The molecule has 0 saturated carbocycles. The Labute approximate surface area is 117 Å². The van der Waals surface area contributed by atoms with Crippen molar-refractivity contribution in [2.45, 2.75) is 13.0 Å². The first kappa shape index (κ1) is 13.4. The number of benzene rings is 1. The van der Waals surface area contributed by atoms with Gasteiger partial charge in [0.2, 0.25) is 0 Å². The summed E-state index contributed by atoms with van der Waals surface area (Å²) >= 11 is 7.58. The Morgan fingerprint density at radius 1 is 1.28 bits per heavy atom. The Hall–Kier alpha value is -1.03. The number of thiophene rings is 1. The van der Waals surface area contributed by atoms with Crippen molar-refractivity contribution >= 4 is 22.9 Å². The Kier molecular flexibility index (Phi) is 5.05. The summed E-state index contributed by atoms with van der Waals surface area (Å²) in [4.78, 5) is 1.30. The van der Waals surface area contributed by atoms with E-state index in [2.05, 4.69) is 29.8 Å². The van der Waals surface area contributed by atoms with E-state index in [0.29, 0.717) is 6.61 Å². The van der Waals surface area contributed by atoms with E-state index in [1.165, 1.54) is 4.88 Å². The van der Waals surface area contributed by atoms with E-state index in [-0.39, 0.29) is 6.04 Å². The van der Waals surface area contributed by atoms with Gasteiger partial charge in [-0.05, 0) is 42.3 Å². The van der Waals surface area contributed by atoms with Gasteiger partial charge < -0.3 is 10.1 Å². The molecule has 0 radical (unpaired) electrons. The number of halogens is 1. The van der Waals surface area contributed by atoms with Crippen LogP contribution in [0.4, 0.5) is 0 Å². The molecule has 0 amide bonds. The lowest BCUT2D eigenvalue weighted by atomic mass is 10.2. The van der Waals surface area contributed by atoms with Crippen LogP contribution in [0.5, 0.6) is 5.75 Å². The summed E-state index contributed by atoms with van der Waals surface area (Å²) in [7, 11) is 0. The van der Waals surface area contributed by atoms with Crippen LogP contribution in [0.25, 0.3) is 0 Å². The smallest absolute Gasteiger partial charge is 0.119 e. The van der Waals surface area contributed by atoms with Crippen molar-refractivity contribution in [1.82, 2.24) is 5.32 Å². The van der Waals surface area contributed by atoms with Gasteiger partial charge in [0.25, 0.3) is 0 Å². The minimum Gasteiger partial charge on any atom is -0.492 e. The molecule has 1 N–H and O–H groups in total. The van der Waals surface area contributed by atoms with E-state index >= 15 is 0 Å². The first-order valence-corrected chi connectivity index (χ1v) is 7.20. The Balaban J connectivity index is 1.95. The third-order valence-corrected chi connectivity index (χ3v) is 3.81. The summed E-state index contributed by atoms with van der Waals surface area (Å²) < 4.78 is 5.79. The lowest BCUT2D eigenvalue weighted by Gasteiger charge is -2.17. The molecule has 4 heteroatoms. The molecule has 0 fully saturated rings. The molecule has 2 rings (SSSR count). The number of nitrogens with one attached hydrogen (secondary N) is 1. The molecule has 0 bridgehead atoms. The Bertz CT molecular complexity index is 455. The molecule has 1 aromatic heterocycles. The molecule has 2 nitrogen and oxygen atoms in total. The van der Waals surface area contributed by atoms with Gasteiger partial charge in [-0.1, -0.05) is 24.6 Å². The summed E-state index contributed by atoms with van der Waals surface area (Å²) in [5.74, 6) is 0.846. The second kappa shape index (κ2) is 6.78. The van der Waals surface area contributed by atoms with Crippen LogP contribution in [0, 0.1) is 0 Å². The zero-order valence-electron chi connectivity index (χ0n) is 10.2. The van der Waals surface area contributed by atoms with Crippen molar-refractivity contribution in [2.75, 3.05) is 13.2 Å².